The average Bonchev–Trinajstić information content (AvgIpc) is 3.54. The second kappa shape index (κ2) is 6.90. The van der Waals surface area contributed by atoms with Gasteiger partial charge < -0.3 is 4.98 Å². The standard InChI is InChI=1S/C25H19FN2O3S2/c26-12-6-8-13(9-7-12)28-23(29)18-14-10-15(19(18)24(28)30)20-17(14)16(11-4-2-1-3-5-11)21-22(32-20)27-25(31)33-21/h1-9,14-20H,10H2,(H,27,31)/t14-,15-,16-,17-,18+,19-,20+/m1/s1. The van der Waals surface area contributed by atoms with Gasteiger partial charge in [-0.25, -0.2) is 4.39 Å². The minimum atomic E-state index is -0.397. The molecule has 2 aliphatic heterocycles. The highest BCUT2D eigenvalue weighted by molar-refractivity contribution is 8.00. The molecule has 0 spiro atoms. The van der Waals surface area contributed by atoms with Gasteiger partial charge >= 0.3 is 4.87 Å². The molecule has 2 aromatic carbocycles. The Morgan fingerprint density at radius 1 is 0.909 bits per heavy atom. The first-order valence-electron chi connectivity index (χ1n) is 11.1. The number of aromatic amines is 1. The molecule has 0 radical (unpaired) electrons. The van der Waals surface area contributed by atoms with Gasteiger partial charge in [-0.1, -0.05) is 41.7 Å². The molecular formula is C25H19FN2O3S2. The van der Waals surface area contributed by atoms with Crippen molar-refractivity contribution in [1.29, 1.82) is 0 Å². The number of nitrogens with zero attached hydrogens (tertiary/aromatic N) is 1. The predicted molar refractivity (Wildman–Crippen MR) is 124 cm³/mol. The van der Waals surface area contributed by atoms with Crippen molar-refractivity contribution in [3.05, 3.63) is 80.5 Å². The maximum absolute atomic E-state index is 13.6. The van der Waals surface area contributed by atoms with E-state index in [0.717, 1.165) is 21.9 Å². The van der Waals surface area contributed by atoms with E-state index in [9.17, 15) is 18.8 Å². The Bertz CT molecular complexity index is 1350. The Kier molecular flexibility index (Phi) is 4.13. The van der Waals surface area contributed by atoms with E-state index in [1.165, 1.54) is 40.5 Å². The minimum Gasteiger partial charge on any atom is -0.307 e. The molecule has 0 unspecified atom stereocenters. The fourth-order valence-corrected chi connectivity index (χ4v) is 9.78. The summed E-state index contributed by atoms with van der Waals surface area (Å²) in [6, 6.07) is 15.8. The number of rotatable bonds is 2. The van der Waals surface area contributed by atoms with Crippen molar-refractivity contribution in [2.24, 2.45) is 29.6 Å². The number of amides is 2. The molecule has 3 aromatic rings. The molecule has 1 N–H and O–H groups in total. The molecule has 2 bridgehead atoms. The minimum absolute atomic E-state index is 0.0372. The fourth-order valence-electron chi connectivity index (χ4n) is 6.90. The highest BCUT2D eigenvalue weighted by Gasteiger charge is 2.69. The van der Waals surface area contributed by atoms with E-state index in [-0.39, 0.29) is 57.4 Å². The number of hydrogen-bond donors (Lipinski definition) is 1. The Morgan fingerprint density at radius 2 is 1.61 bits per heavy atom. The molecule has 4 aliphatic rings. The van der Waals surface area contributed by atoms with Gasteiger partial charge in [0.1, 0.15) is 5.82 Å². The van der Waals surface area contributed by atoms with Crippen molar-refractivity contribution in [1.82, 2.24) is 4.98 Å². The number of carbonyl (C=O) groups excluding carboxylic acids is 2. The lowest BCUT2D eigenvalue weighted by Gasteiger charge is -2.43. The lowest BCUT2D eigenvalue weighted by atomic mass is 9.68. The number of halogens is 1. The second-order valence-electron chi connectivity index (χ2n) is 9.36. The number of anilines is 1. The van der Waals surface area contributed by atoms with Crippen LogP contribution in [0.4, 0.5) is 10.1 Å². The highest BCUT2D eigenvalue weighted by atomic mass is 32.2. The summed E-state index contributed by atoms with van der Waals surface area (Å²) in [5.74, 6) is -1.03. The van der Waals surface area contributed by atoms with Crippen LogP contribution in [0.1, 0.15) is 22.8 Å². The number of nitrogens with one attached hydrogen (secondary N) is 1. The molecule has 2 aliphatic carbocycles. The Hall–Kier alpha value is -2.71. The summed E-state index contributed by atoms with van der Waals surface area (Å²) in [7, 11) is 0. The van der Waals surface area contributed by atoms with E-state index in [0.29, 0.717) is 5.69 Å². The van der Waals surface area contributed by atoms with Crippen LogP contribution in [0, 0.1) is 35.4 Å². The molecule has 8 heteroatoms. The number of hydrogen-bond acceptors (Lipinski definition) is 5. The number of aromatic nitrogens is 1. The summed E-state index contributed by atoms with van der Waals surface area (Å²) < 4.78 is 13.5. The van der Waals surface area contributed by atoms with Crippen LogP contribution in [0.15, 0.2) is 64.4 Å². The topological polar surface area (TPSA) is 70.2 Å². The van der Waals surface area contributed by atoms with Crippen LogP contribution in [-0.2, 0) is 9.59 Å². The molecular weight excluding hydrogens is 459 g/mol. The molecule has 2 amide bonds. The van der Waals surface area contributed by atoms with Crippen LogP contribution in [0.5, 0.6) is 0 Å². The van der Waals surface area contributed by atoms with E-state index < -0.39 is 5.82 Å². The third kappa shape index (κ3) is 2.62. The zero-order valence-corrected chi connectivity index (χ0v) is 18.9. The van der Waals surface area contributed by atoms with E-state index in [4.69, 9.17) is 0 Å². The summed E-state index contributed by atoms with van der Waals surface area (Å²) in [5, 5.41) is 1.08. The molecule has 33 heavy (non-hydrogen) atoms. The zero-order chi connectivity index (χ0) is 22.4. The summed E-state index contributed by atoms with van der Waals surface area (Å²) in [6.45, 7) is 0. The van der Waals surface area contributed by atoms with Crippen molar-refractivity contribution in [3.8, 4) is 0 Å². The van der Waals surface area contributed by atoms with E-state index >= 15 is 0 Å². The third-order valence-corrected chi connectivity index (χ3v) is 10.6. The van der Waals surface area contributed by atoms with Gasteiger partial charge in [-0.05, 0) is 54.0 Å². The lowest BCUT2D eigenvalue weighted by molar-refractivity contribution is -0.123. The molecule has 7 rings (SSSR count). The van der Waals surface area contributed by atoms with Gasteiger partial charge in [0.15, 0.2) is 0 Å². The lowest BCUT2D eigenvalue weighted by Crippen LogP contribution is -2.42. The number of H-pyrrole nitrogens is 1. The fraction of sp³-hybridized carbons (Fsp3) is 0.320. The molecule has 7 atom stereocenters. The quantitative estimate of drug-likeness (QED) is 0.559. The van der Waals surface area contributed by atoms with E-state index in [2.05, 4.69) is 17.1 Å². The van der Waals surface area contributed by atoms with Crippen molar-refractivity contribution in [2.45, 2.75) is 22.6 Å². The largest absolute Gasteiger partial charge is 0.307 e. The van der Waals surface area contributed by atoms with Crippen LogP contribution in [0.25, 0.3) is 0 Å². The normalized spacial score (nSPS) is 33.8. The number of imide groups is 1. The van der Waals surface area contributed by atoms with Gasteiger partial charge in [-0.15, -0.1) is 11.8 Å². The summed E-state index contributed by atoms with van der Waals surface area (Å²) in [6.07, 6.45) is 0.856. The van der Waals surface area contributed by atoms with Gasteiger partial charge in [0.05, 0.1) is 22.5 Å². The average molecular weight is 479 g/mol. The monoisotopic (exact) mass is 478 g/mol. The maximum Gasteiger partial charge on any atom is 0.305 e. The Balaban J connectivity index is 1.33. The van der Waals surface area contributed by atoms with Crippen LogP contribution in [-0.4, -0.2) is 22.0 Å². The number of fused-ring (bicyclic) bond motifs is 9. The number of carbonyl (C=O) groups is 2. The molecule has 1 aromatic heterocycles. The van der Waals surface area contributed by atoms with E-state index in [1.54, 1.807) is 11.8 Å². The van der Waals surface area contributed by atoms with Crippen molar-refractivity contribution < 1.29 is 14.0 Å². The van der Waals surface area contributed by atoms with Gasteiger partial charge in [0, 0.05) is 16.0 Å². The molecule has 3 heterocycles. The Morgan fingerprint density at radius 3 is 2.33 bits per heavy atom. The van der Waals surface area contributed by atoms with Crippen LogP contribution in [0.3, 0.4) is 0 Å². The predicted octanol–water partition coefficient (Wildman–Crippen LogP) is 4.25. The number of thiazole rings is 1. The molecule has 166 valence electrons. The van der Waals surface area contributed by atoms with Crippen LogP contribution < -0.4 is 9.77 Å². The summed E-state index contributed by atoms with van der Waals surface area (Å²) >= 11 is 2.95. The maximum atomic E-state index is 13.6. The van der Waals surface area contributed by atoms with Crippen LogP contribution in [0.2, 0.25) is 0 Å². The van der Waals surface area contributed by atoms with Gasteiger partial charge in [0.2, 0.25) is 11.8 Å². The number of thioether (sulfide) groups is 1. The summed E-state index contributed by atoms with van der Waals surface area (Å²) in [4.78, 5) is 44.6. The molecule has 5 nitrogen and oxygen atoms in total. The van der Waals surface area contributed by atoms with Gasteiger partial charge in [-0.2, -0.15) is 0 Å². The molecule has 3 fully saturated rings. The van der Waals surface area contributed by atoms with E-state index in [1.807, 2.05) is 18.2 Å². The first-order valence-corrected chi connectivity index (χ1v) is 12.8. The Labute approximate surface area is 197 Å². The van der Waals surface area contributed by atoms with Gasteiger partial charge in [0.25, 0.3) is 0 Å². The summed E-state index contributed by atoms with van der Waals surface area (Å²) in [5.41, 5.74) is 1.60. The highest BCUT2D eigenvalue weighted by Crippen LogP contribution is 2.68. The SMILES string of the molecule is O=C1[C@@H]2[C@H]3C[C@@H]([C@@H]2C(=O)N1c1ccc(F)cc1)[C@@H]1[C@@H](c2ccccc2)c2sc(=O)[nH]c2S[C@@H]31. The smallest absolute Gasteiger partial charge is 0.305 e. The second-order valence-corrected chi connectivity index (χ2v) is 11.6. The van der Waals surface area contributed by atoms with Crippen LogP contribution >= 0.6 is 23.1 Å². The van der Waals surface area contributed by atoms with Crippen molar-refractivity contribution in [3.63, 3.8) is 0 Å². The van der Waals surface area contributed by atoms with Crippen molar-refractivity contribution in [2.75, 3.05) is 4.90 Å². The number of benzene rings is 2. The zero-order valence-electron chi connectivity index (χ0n) is 17.3. The third-order valence-electron chi connectivity index (χ3n) is 7.97. The van der Waals surface area contributed by atoms with Gasteiger partial charge in [-0.3, -0.25) is 19.3 Å². The van der Waals surface area contributed by atoms with Crippen molar-refractivity contribution >= 4 is 40.6 Å². The molecule has 2 saturated carbocycles. The first kappa shape index (κ1) is 19.7. The molecule has 1 saturated heterocycles. The first-order chi connectivity index (χ1) is 16.0.